The second-order valence-corrected chi connectivity index (χ2v) is 3.92. The van der Waals surface area contributed by atoms with Crippen LogP contribution in [0.4, 0.5) is 0 Å². The maximum Gasteiger partial charge on any atom is 0.139 e. The molecule has 0 saturated heterocycles. The Bertz CT molecular complexity index is 193. The summed E-state index contributed by atoms with van der Waals surface area (Å²) in [6.07, 6.45) is 3.94. The minimum absolute atomic E-state index is 0.186. The molecule has 2 atom stereocenters. The zero-order valence-electron chi connectivity index (χ0n) is 8.10. The fourth-order valence-corrected chi connectivity index (χ4v) is 1.98. The molecule has 0 aromatic heterocycles. The fraction of sp³-hybridized carbons (Fsp3) is 0.727. The van der Waals surface area contributed by atoms with Crippen molar-refractivity contribution in [1.29, 1.82) is 0 Å². The van der Waals surface area contributed by atoms with Gasteiger partial charge in [-0.05, 0) is 25.2 Å². The Labute approximate surface area is 74.9 Å². The van der Waals surface area contributed by atoms with Crippen molar-refractivity contribution in [3.05, 3.63) is 12.2 Å². The molecular weight excluding hydrogens is 148 g/mol. The Hall–Kier alpha value is -0.590. The zero-order valence-corrected chi connectivity index (χ0v) is 8.10. The molecule has 68 valence electrons. The average molecular weight is 166 g/mol. The molecule has 1 nitrogen and oxygen atoms in total. The highest BCUT2D eigenvalue weighted by atomic mass is 16.1. The molecule has 0 aliphatic heterocycles. The van der Waals surface area contributed by atoms with Gasteiger partial charge in [0.1, 0.15) is 5.78 Å². The van der Waals surface area contributed by atoms with E-state index < -0.39 is 0 Å². The number of allylic oxidation sites excluding steroid dienone is 1. The molecule has 1 heteroatoms. The summed E-state index contributed by atoms with van der Waals surface area (Å²) in [6, 6.07) is 0. The molecule has 1 aliphatic carbocycles. The van der Waals surface area contributed by atoms with Crippen LogP contribution in [0.25, 0.3) is 0 Å². The van der Waals surface area contributed by atoms with Gasteiger partial charge < -0.3 is 0 Å². The van der Waals surface area contributed by atoms with Gasteiger partial charge in [0.25, 0.3) is 0 Å². The Morgan fingerprint density at radius 1 is 1.58 bits per heavy atom. The second kappa shape index (κ2) is 3.88. The molecular formula is C11H18O. The van der Waals surface area contributed by atoms with E-state index in [4.69, 9.17) is 0 Å². The number of hydrogen-bond acceptors (Lipinski definition) is 1. The van der Waals surface area contributed by atoms with Gasteiger partial charge in [0.15, 0.2) is 0 Å². The minimum atomic E-state index is 0.186. The molecule has 0 N–H and O–H groups in total. The maximum absolute atomic E-state index is 11.4. The van der Waals surface area contributed by atoms with E-state index in [-0.39, 0.29) is 5.92 Å². The van der Waals surface area contributed by atoms with Gasteiger partial charge >= 0.3 is 0 Å². The molecule has 0 aromatic carbocycles. The van der Waals surface area contributed by atoms with Crippen molar-refractivity contribution in [2.45, 2.75) is 39.5 Å². The van der Waals surface area contributed by atoms with E-state index in [0.717, 1.165) is 18.8 Å². The molecule has 0 aromatic rings. The first-order valence-corrected chi connectivity index (χ1v) is 4.85. The number of carbonyl (C=O) groups excluding carboxylic acids is 1. The van der Waals surface area contributed by atoms with Crippen molar-refractivity contribution in [2.24, 2.45) is 11.8 Å². The van der Waals surface area contributed by atoms with Gasteiger partial charge in [0.05, 0.1) is 0 Å². The molecule has 0 spiro atoms. The van der Waals surface area contributed by atoms with E-state index >= 15 is 0 Å². The molecule has 1 rings (SSSR count). The van der Waals surface area contributed by atoms with Crippen LogP contribution in [-0.4, -0.2) is 5.78 Å². The summed E-state index contributed by atoms with van der Waals surface area (Å²) in [5.74, 6) is 1.30. The summed E-state index contributed by atoms with van der Waals surface area (Å²) in [5.41, 5.74) is 1.17. The van der Waals surface area contributed by atoms with Crippen LogP contribution in [0.3, 0.4) is 0 Å². The standard InChI is InChI=1S/C11H18O/c1-4-11(12)10-6-5-8(2)7-9(10)3/h8,10H,3-7H2,1-2H3/t8-,10+/m0/s1. The highest BCUT2D eigenvalue weighted by Crippen LogP contribution is 2.32. The fourth-order valence-electron chi connectivity index (χ4n) is 1.98. The summed E-state index contributed by atoms with van der Waals surface area (Å²) >= 11 is 0. The number of Topliss-reactive ketones (excluding diaryl/α,β-unsaturated/α-hetero) is 1. The van der Waals surface area contributed by atoms with E-state index in [9.17, 15) is 4.79 Å². The summed E-state index contributed by atoms with van der Waals surface area (Å²) in [4.78, 5) is 11.4. The number of ketones is 1. The van der Waals surface area contributed by atoms with E-state index in [0.29, 0.717) is 12.2 Å². The first kappa shape index (κ1) is 9.50. The molecule has 0 unspecified atom stereocenters. The van der Waals surface area contributed by atoms with Crippen LogP contribution in [0.5, 0.6) is 0 Å². The van der Waals surface area contributed by atoms with Crippen LogP contribution >= 0.6 is 0 Å². The predicted octanol–water partition coefficient (Wildman–Crippen LogP) is 2.96. The van der Waals surface area contributed by atoms with Gasteiger partial charge in [-0.1, -0.05) is 26.0 Å². The third-order valence-corrected chi connectivity index (χ3v) is 2.79. The zero-order chi connectivity index (χ0) is 9.14. The summed E-state index contributed by atoms with van der Waals surface area (Å²) in [7, 11) is 0. The van der Waals surface area contributed by atoms with Crippen molar-refractivity contribution < 1.29 is 4.79 Å². The Balaban J connectivity index is 2.56. The van der Waals surface area contributed by atoms with Crippen LogP contribution in [0.1, 0.15) is 39.5 Å². The van der Waals surface area contributed by atoms with Crippen LogP contribution in [-0.2, 0) is 4.79 Å². The predicted molar refractivity (Wildman–Crippen MR) is 50.9 cm³/mol. The third kappa shape index (κ3) is 1.96. The molecule has 0 radical (unpaired) electrons. The van der Waals surface area contributed by atoms with Crippen molar-refractivity contribution in [2.75, 3.05) is 0 Å². The van der Waals surface area contributed by atoms with Crippen LogP contribution < -0.4 is 0 Å². The van der Waals surface area contributed by atoms with Crippen molar-refractivity contribution in [1.82, 2.24) is 0 Å². The number of carbonyl (C=O) groups is 1. The van der Waals surface area contributed by atoms with Gasteiger partial charge in [-0.15, -0.1) is 0 Å². The quantitative estimate of drug-likeness (QED) is 0.576. The molecule has 0 heterocycles. The Kier molecular flexibility index (Phi) is 3.07. The first-order chi connectivity index (χ1) is 5.65. The SMILES string of the molecule is C=C1C[C@@H](C)CC[C@H]1C(=O)CC. The molecule has 0 amide bonds. The molecule has 1 aliphatic rings. The van der Waals surface area contributed by atoms with Crippen molar-refractivity contribution in [3.63, 3.8) is 0 Å². The van der Waals surface area contributed by atoms with E-state index in [1.165, 1.54) is 12.0 Å². The minimum Gasteiger partial charge on any atom is -0.299 e. The van der Waals surface area contributed by atoms with Crippen LogP contribution in [0.2, 0.25) is 0 Å². The summed E-state index contributed by atoms with van der Waals surface area (Å²) < 4.78 is 0. The van der Waals surface area contributed by atoms with Gasteiger partial charge in [0.2, 0.25) is 0 Å². The van der Waals surface area contributed by atoms with E-state index in [1.54, 1.807) is 0 Å². The van der Waals surface area contributed by atoms with Gasteiger partial charge in [-0.25, -0.2) is 0 Å². The number of hydrogen-bond donors (Lipinski definition) is 0. The molecule has 1 fully saturated rings. The summed E-state index contributed by atoms with van der Waals surface area (Å²) in [5, 5.41) is 0. The lowest BCUT2D eigenvalue weighted by atomic mass is 9.77. The van der Waals surface area contributed by atoms with Crippen molar-refractivity contribution in [3.8, 4) is 0 Å². The maximum atomic E-state index is 11.4. The molecule has 12 heavy (non-hydrogen) atoms. The lowest BCUT2D eigenvalue weighted by molar-refractivity contribution is -0.122. The van der Waals surface area contributed by atoms with Crippen LogP contribution in [0, 0.1) is 11.8 Å². The highest BCUT2D eigenvalue weighted by Gasteiger charge is 2.25. The normalized spacial score (nSPS) is 30.3. The molecule has 0 bridgehead atoms. The van der Waals surface area contributed by atoms with E-state index in [1.807, 2.05) is 6.92 Å². The summed E-state index contributed by atoms with van der Waals surface area (Å²) in [6.45, 7) is 8.17. The van der Waals surface area contributed by atoms with Gasteiger partial charge in [0, 0.05) is 12.3 Å². The number of rotatable bonds is 2. The Morgan fingerprint density at radius 3 is 2.75 bits per heavy atom. The largest absolute Gasteiger partial charge is 0.299 e. The lowest BCUT2D eigenvalue weighted by Crippen LogP contribution is -2.22. The smallest absolute Gasteiger partial charge is 0.139 e. The van der Waals surface area contributed by atoms with Crippen LogP contribution in [0.15, 0.2) is 12.2 Å². The van der Waals surface area contributed by atoms with Gasteiger partial charge in [-0.2, -0.15) is 0 Å². The second-order valence-electron chi connectivity index (χ2n) is 3.92. The van der Waals surface area contributed by atoms with Crippen molar-refractivity contribution >= 4 is 5.78 Å². The monoisotopic (exact) mass is 166 g/mol. The topological polar surface area (TPSA) is 17.1 Å². The molecule has 1 saturated carbocycles. The third-order valence-electron chi connectivity index (χ3n) is 2.79. The lowest BCUT2D eigenvalue weighted by Gasteiger charge is -2.27. The van der Waals surface area contributed by atoms with Gasteiger partial charge in [-0.3, -0.25) is 4.79 Å². The first-order valence-electron chi connectivity index (χ1n) is 4.85. The Morgan fingerprint density at radius 2 is 2.25 bits per heavy atom. The van der Waals surface area contributed by atoms with E-state index in [2.05, 4.69) is 13.5 Å². The highest BCUT2D eigenvalue weighted by molar-refractivity contribution is 5.83. The average Bonchev–Trinajstić information content (AvgIpc) is 2.03.